The van der Waals surface area contributed by atoms with Crippen molar-refractivity contribution in [2.24, 2.45) is 0 Å². The molecule has 5 heteroatoms. The smallest absolute Gasteiger partial charge is 0.265 e. The van der Waals surface area contributed by atoms with Gasteiger partial charge in [-0.2, -0.15) is 0 Å². The number of thiophene rings is 1. The number of hydrogen-bond donors (Lipinski definition) is 1. The minimum atomic E-state index is -0.201. The molecule has 0 atom stereocenters. The Kier molecular flexibility index (Phi) is 3.72. The van der Waals surface area contributed by atoms with Gasteiger partial charge in [-0.1, -0.05) is 29.3 Å². The van der Waals surface area contributed by atoms with Gasteiger partial charge in [-0.3, -0.25) is 4.79 Å². The zero-order chi connectivity index (χ0) is 12.4. The summed E-state index contributed by atoms with van der Waals surface area (Å²) in [6, 6.07) is 8.86. The summed E-state index contributed by atoms with van der Waals surface area (Å²) in [5.41, 5.74) is 1.65. The number of carbonyl (C=O) groups is 1. The average molecular weight is 286 g/mol. The SMILES string of the molecule is Cc1ccc(NC(=O)c2ccc(Cl)s2)c(Cl)c1. The fourth-order valence-electron chi connectivity index (χ4n) is 1.34. The van der Waals surface area contributed by atoms with Gasteiger partial charge in [-0.15, -0.1) is 11.3 Å². The number of nitrogens with one attached hydrogen (secondary N) is 1. The maximum Gasteiger partial charge on any atom is 0.265 e. The van der Waals surface area contributed by atoms with Crippen molar-refractivity contribution >= 4 is 46.1 Å². The maximum absolute atomic E-state index is 11.8. The molecular formula is C12H9Cl2NOS. The van der Waals surface area contributed by atoms with Crippen LogP contribution in [0.3, 0.4) is 0 Å². The fraction of sp³-hybridized carbons (Fsp3) is 0.0833. The fourth-order valence-corrected chi connectivity index (χ4v) is 2.56. The molecule has 0 aliphatic carbocycles. The first-order chi connectivity index (χ1) is 8.06. The first kappa shape index (κ1) is 12.4. The van der Waals surface area contributed by atoms with Gasteiger partial charge < -0.3 is 5.32 Å². The van der Waals surface area contributed by atoms with E-state index in [4.69, 9.17) is 23.2 Å². The van der Waals surface area contributed by atoms with E-state index in [9.17, 15) is 4.79 Å². The van der Waals surface area contributed by atoms with Crippen molar-refractivity contribution in [2.45, 2.75) is 6.92 Å². The van der Waals surface area contributed by atoms with E-state index in [1.165, 1.54) is 11.3 Å². The molecular weight excluding hydrogens is 277 g/mol. The third-order valence-electron chi connectivity index (χ3n) is 2.17. The third kappa shape index (κ3) is 3.00. The molecule has 1 heterocycles. The van der Waals surface area contributed by atoms with Gasteiger partial charge in [0.05, 0.1) is 19.9 Å². The van der Waals surface area contributed by atoms with Crippen LogP contribution in [0.4, 0.5) is 5.69 Å². The molecule has 1 amide bonds. The number of carbonyl (C=O) groups excluding carboxylic acids is 1. The Labute approximate surface area is 113 Å². The van der Waals surface area contributed by atoms with Crippen molar-refractivity contribution in [3.05, 3.63) is 50.1 Å². The normalized spacial score (nSPS) is 10.3. The first-order valence-electron chi connectivity index (χ1n) is 4.89. The highest BCUT2D eigenvalue weighted by Gasteiger charge is 2.10. The molecule has 0 aliphatic rings. The van der Waals surface area contributed by atoms with Crippen molar-refractivity contribution in [3.63, 3.8) is 0 Å². The Morgan fingerprint density at radius 1 is 1.24 bits per heavy atom. The average Bonchev–Trinajstić information content (AvgIpc) is 2.69. The Morgan fingerprint density at radius 3 is 2.59 bits per heavy atom. The quantitative estimate of drug-likeness (QED) is 0.857. The summed E-state index contributed by atoms with van der Waals surface area (Å²) in [7, 11) is 0. The first-order valence-corrected chi connectivity index (χ1v) is 6.46. The zero-order valence-electron chi connectivity index (χ0n) is 8.96. The van der Waals surface area contributed by atoms with Gasteiger partial charge in [0.25, 0.3) is 5.91 Å². The highest BCUT2D eigenvalue weighted by molar-refractivity contribution is 7.18. The van der Waals surface area contributed by atoms with Crippen LogP contribution in [0.5, 0.6) is 0 Å². The highest BCUT2D eigenvalue weighted by atomic mass is 35.5. The predicted octanol–water partition coefficient (Wildman–Crippen LogP) is 4.62. The lowest BCUT2D eigenvalue weighted by Crippen LogP contribution is -2.10. The number of amides is 1. The van der Waals surface area contributed by atoms with E-state index in [0.29, 0.717) is 19.9 Å². The molecule has 0 radical (unpaired) electrons. The summed E-state index contributed by atoms with van der Waals surface area (Å²) in [5, 5.41) is 3.28. The number of rotatable bonds is 2. The second-order valence-electron chi connectivity index (χ2n) is 3.54. The van der Waals surface area contributed by atoms with E-state index in [-0.39, 0.29) is 5.91 Å². The van der Waals surface area contributed by atoms with Crippen LogP contribution in [0.15, 0.2) is 30.3 Å². The molecule has 0 spiro atoms. The van der Waals surface area contributed by atoms with Gasteiger partial charge in [0.15, 0.2) is 0 Å². The van der Waals surface area contributed by atoms with Crippen LogP contribution in [-0.2, 0) is 0 Å². The standard InChI is InChI=1S/C12H9Cl2NOS/c1-7-2-3-9(8(13)6-7)15-12(16)10-4-5-11(14)17-10/h2-6H,1H3,(H,15,16). The van der Waals surface area contributed by atoms with Gasteiger partial charge in [-0.05, 0) is 36.8 Å². The van der Waals surface area contributed by atoms with Crippen molar-refractivity contribution in [3.8, 4) is 0 Å². The number of anilines is 1. The topological polar surface area (TPSA) is 29.1 Å². The van der Waals surface area contributed by atoms with Gasteiger partial charge >= 0.3 is 0 Å². The van der Waals surface area contributed by atoms with Crippen LogP contribution < -0.4 is 5.32 Å². The van der Waals surface area contributed by atoms with E-state index in [0.717, 1.165) is 5.56 Å². The molecule has 0 unspecified atom stereocenters. The Hall–Kier alpha value is -1.03. The van der Waals surface area contributed by atoms with Crippen molar-refractivity contribution in [1.82, 2.24) is 0 Å². The Morgan fingerprint density at radius 2 is 2.00 bits per heavy atom. The summed E-state index contributed by atoms with van der Waals surface area (Å²) in [6.07, 6.45) is 0. The van der Waals surface area contributed by atoms with Crippen LogP contribution in [0.1, 0.15) is 15.2 Å². The van der Waals surface area contributed by atoms with E-state index >= 15 is 0 Å². The molecule has 2 rings (SSSR count). The number of benzene rings is 1. The van der Waals surface area contributed by atoms with E-state index < -0.39 is 0 Å². The monoisotopic (exact) mass is 285 g/mol. The van der Waals surface area contributed by atoms with Crippen LogP contribution in [0.2, 0.25) is 9.36 Å². The zero-order valence-corrected chi connectivity index (χ0v) is 11.3. The molecule has 2 aromatic rings. The molecule has 0 bridgehead atoms. The second kappa shape index (κ2) is 5.08. The maximum atomic E-state index is 11.8. The Balaban J connectivity index is 2.18. The largest absolute Gasteiger partial charge is 0.320 e. The third-order valence-corrected chi connectivity index (χ3v) is 3.71. The molecule has 0 saturated heterocycles. The molecule has 1 aromatic carbocycles. The number of aryl methyl sites for hydroxylation is 1. The highest BCUT2D eigenvalue weighted by Crippen LogP contribution is 2.26. The van der Waals surface area contributed by atoms with Crippen molar-refractivity contribution < 1.29 is 4.79 Å². The van der Waals surface area contributed by atoms with Gasteiger partial charge in [-0.25, -0.2) is 0 Å². The minimum Gasteiger partial charge on any atom is -0.320 e. The molecule has 17 heavy (non-hydrogen) atoms. The second-order valence-corrected chi connectivity index (χ2v) is 5.66. The molecule has 0 aliphatic heterocycles. The molecule has 1 aromatic heterocycles. The van der Waals surface area contributed by atoms with Crippen LogP contribution in [-0.4, -0.2) is 5.91 Å². The molecule has 1 N–H and O–H groups in total. The minimum absolute atomic E-state index is 0.201. The van der Waals surface area contributed by atoms with Crippen LogP contribution >= 0.6 is 34.5 Å². The van der Waals surface area contributed by atoms with Crippen LogP contribution in [0, 0.1) is 6.92 Å². The summed E-state index contributed by atoms with van der Waals surface area (Å²) in [6.45, 7) is 1.94. The molecule has 0 saturated carbocycles. The lowest BCUT2D eigenvalue weighted by molar-refractivity contribution is 0.103. The van der Waals surface area contributed by atoms with E-state index in [1.54, 1.807) is 24.3 Å². The molecule has 88 valence electrons. The number of halogens is 2. The van der Waals surface area contributed by atoms with Gasteiger partial charge in [0, 0.05) is 0 Å². The van der Waals surface area contributed by atoms with E-state index in [1.807, 2.05) is 13.0 Å². The predicted molar refractivity (Wildman–Crippen MR) is 73.5 cm³/mol. The Bertz CT molecular complexity index is 565. The van der Waals surface area contributed by atoms with Crippen molar-refractivity contribution in [2.75, 3.05) is 5.32 Å². The lowest BCUT2D eigenvalue weighted by atomic mass is 10.2. The summed E-state index contributed by atoms with van der Waals surface area (Å²) >= 11 is 13.0. The van der Waals surface area contributed by atoms with Gasteiger partial charge in [0.1, 0.15) is 0 Å². The van der Waals surface area contributed by atoms with Crippen molar-refractivity contribution in [1.29, 1.82) is 0 Å². The van der Waals surface area contributed by atoms with Crippen LogP contribution in [0.25, 0.3) is 0 Å². The molecule has 2 nitrogen and oxygen atoms in total. The summed E-state index contributed by atoms with van der Waals surface area (Å²) in [4.78, 5) is 12.4. The molecule has 0 fully saturated rings. The summed E-state index contributed by atoms with van der Waals surface area (Å²) < 4.78 is 0.588. The van der Waals surface area contributed by atoms with Gasteiger partial charge in [0.2, 0.25) is 0 Å². The summed E-state index contributed by atoms with van der Waals surface area (Å²) in [5.74, 6) is -0.201. The number of hydrogen-bond acceptors (Lipinski definition) is 2. The van der Waals surface area contributed by atoms with E-state index in [2.05, 4.69) is 5.32 Å². The lowest BCUT2D eigenvalue weighted by Gasteiger charge is -2.06.